The number of imide groups is 1. The van der Waals surface area contributed by atoms with Gasteiger partial charge in [0.2, 0.25) is 0 Å². The first-order valence-corrected chi connectivity index (χ1v) is 4.77. The molecule has 1 saturated heterocycles. The molecule has 0 aliphatic carbocycles. The first-order valence-electron chi connectivity index (χ1n) is 3.89. The summed E-state index contributed by atoms with van der Waals surface area (Å²) in [7, 11) is 0. The van der Waals surface area contributed by atoms with Crippen LogP contribution in [0.2, 0.25) is 0 Å². The second-order valence-corrected chi connectivity index (χ2v) is 3.83. The molecular formula is C8H8N2O2S. The minimum atomic E-state index is -0.397. The lowest BCUT2D eigenvalue weighted by atomic mass is 10.2. The fourth-order valence-electron chi connectivity index (χ4n) is 1.23. The number of nitrogens with one attached hydrogen (secondary N) is 2. The molecule has 1 fully saturated rings. The summed E-state index contributed by atoms with van der Waals surface area (Å²) in [5.74, 6) is -0.238. The number of urea groups is 1. The van der Waals surface area contributed by atoms with Gasteiger partial charge in [-0.25, -0.2) is 4.79 Å². The Hall–Kier alpha value is -1.36. The minimum Gasteiger partial charge on any atom is -0.326 e. The van der Waals surface area contributed by atoms with Crippen molar-refractivity contribution in [3.8, 4) is 0 Å². The lowest BCUT2D eigenvalue weighted by Gasteiger charge is -2.03. The number of hydrogen-bond acceptors (Lipinski definition) is 3. The van der Waals surface area contributed by atoms with E-state index in [2.05, 4.69) is 10.6 Å². The van der Waals surface area contributed by atoms with Gasteiger partial charge in [0.05, 0.1) is 0 Å². The van der Waals surface area contributed by atoms with Gasteiger partial charge in [0.1, 0.15) is 6.04 Å². The summed E-state index contributed by atoms with van der Waals surface area (Å²) in [6.07, 6.45) is 0.579. The standard InChI is InChI=1S/C8H8N2O2S/c11-7-6(9-8(12)10-7)4-5-2-1-3-13-5/h1-3,6H,4H2,(H2,9,10,11,12). The fourth-order valence-corrected chi connectivity index (χ4v) is 1.98. The lowest BCUT2D eigenvalue weighted by molar-refractivity contribution is -0.120. The molecule has 0 spiro atoms. The maximum absolute atomic E-state index is 11.1. The monoisotopic (exact) mass is 196 g/mol. The van der Waals surface area contributed by atoms with Gasteiger partial charge in [-0.15, -0.1) is 11.3 Å². The van der Waals surface area contributed by atoms with Gasteiger partial charge in [-0.05, 0) is 11.4 Å². The summed E-state index contributed by atoms with van der Waals surface area (Å²) < 4.78 is 0. The number of carbonyl (C=O) groups excluding carboxylic acids is 2. The van der Waals surface area contributed by atoms with Gasteiger partial charge in [0.15, 0.2) is 0 Å². The Morgan fingerprint density at radius 3 is 2.85 bits per heavy atom. The van der Waals surface area contributed by atoms with Crippen LogP contribution in [0.4, 0.5) is 4.79 Å². The molecule has 1 aliphatic heterocycles. The van der Waals surface area contributed by atoms with Crippen LogP contribution in [-0.2, 0) is 11.2 Å². The summed E-state index contributed by atoms with van der Waals surface area (Å²) in [6, 6.07) is 3.08. The number of hydrogen-bond donors (Lipinski definition) is 2. The first kappa shape index (κ1) is 8.25. The van der Waals surface area contributed by atoms with Crippen molar-refractivity contribution in [3.05, 3.63) is 22.4 Å². The predicted molar refractivity (Wildman–Crippen MR) is 48.5 cm³/mol. The van der Waals surface area contributed by atoms with Crippen molar-refractivity contribution in [2.75, 3.05) is 0 Å². The van der Waals surface area contributed by atoms with Crippen LogP contribution in [0.25, 0.3) is 0 Å². The molecule has 4 nitrogen and oxygen atoms in total. The molecule has 13 heavy (non-hydrogen) atoms. The Kier molecular flexibility index (Phi) is 2.02. The zero-order valence-electron chi connectivity index (χ0n) is 6.74. The lowest BCUT2D eigenvalue weighted by Crippen LogP contribution is -2.30. The van der Waals surface area contributed by atoms with Crippen LogP contribution in [0.5, 0.6) is 0 Å². The molecule has 0 aromatic carbocycles. The third-order valence-corrected chi connectivity index (χ3v) is 2.74. The molecule has 2 N–H and O–H groups in total. The molecule has 1 aliphatic rings. The highest BCUT2D eigenvalue weighted by Crippen LogP contribution is 2.12. The van der Waals surface area contributed by atoms with E-state index >= 15 is 0 Å². The van der Waals surface area contributed by atoms with Crippen molar-refractivity contribution in [3.63, 3.8) is 0 Å². The molecule has 0 radical (unpaired) electrons. The zero-order valence-corrected chi connectivity index (χ0v) is 7.56. The largest absolute Gasteiger partial charge is 0.326 e. The van der Waals surface area contributed by atoms with Gasteiger partial charge in [0.25, 0.3) is 5.91 Å². The SMILES string of the molecule is O=C1NC(=O)C(Cc2cccs2)N1. The van der Waals surface area contributed by atoms with Crippen LogP contribution in [0, 0.1) is 0 Å². The van der Waals surface area contributed by atoms with E-state index in [9.17, 15) is 9.59 Å². The van der Waals surface area contributed by atoms with Crippen LogP contribution in [0.15, 0.2) is 17.5 Å². The Labute approximate surface area is 78.9 Å². The summed E-state index contributed by atoms with van der Waals surface area (Å²) >= 11 is 1.58. The van der Waals surface area contributed by atoms with Crippen LogP contribution >= 0.6 is 11.3 Å². The molecule has 5 heteroatoms. The molecule has 2 rings (SSSR count). The van der Waals surface area contributed by atoms with Crippen LogP contribution in [0.3, 0.4) is 0 Å². The predicted octanol–water partition coefficient (Wildman–Crippen LogP) is 0.499. The maximum atomic E-state index is 11.1. The number of rotatable bonds is 2. The molecule has 0 saturated carbocycles. The van der Waals surface area contributed by atoms with Crippen molar-refractivity contribution in [1.29, 1.82) is 0 Å². The topological polar surface area (TPSA) is 58.2 Å². The van der Waals surface area contributed by atoms with E-state index in [0.29, 0.717) is 6.42 Å². The van der Waals surface area contributed by atoms with E-state index in [4.69, 9.17) is 0 Å². The molecule has 3 amide bonds. The Morgan fingerprint density at radius 2 is 2.31 bits per heavy atom. The Balaban J connectivity index is 2.03. The molecular weight excluding hydrogens is 188 g/mol. The molecule has 1 unspecified atom stereocenters. The molecule has 0 bridgehead atoms. The van der Waals surface area contributed by atoms with Crippen LogP contribution in [-0.4, -0.2) is 18.0 Å². The van der Waals surface area contributed by atoms with Gasteiger partial charge in [-0.3, -0.25) is 10.1 Å². The van der Waals surface area contributed by atoms with Gasteiger partial charge in [-0.1, -0.05) is 6.07 Å². The number of amides is 3. The van der Waals surface area contributed by atoms with E-state index in [1.165, 1.54) is 0 Å². The van der Waals surface area contributed by atoms with Crippen molar-refractivity contribution in [2.45, 2.75) is 12.5 Å². The molecule has 68 valence electrons. The number of thiophene rings is 1. The quantitative estimate of drug-likeness (QED) is 0.677. The van der Waals surface area contributed by atoms with Crippen LogP contribution in [0.1, 0.15) is 4.88 Å². The smallest absolute Gasteiger partial charge is 0.322 e. The fraction of sp³-hybridized carbons (Fsp3) is 0.250. The highest BCUT2D eigenvalue weighted by atomic mass is 32.1. The van der Waals surface area contributed by atoms with E-state index in [0.717, 1.165) is 4.88 Å². The minimum absolute atomic E-state index is 0.238. The van der Waals surface area contributed by atoms with Crippen molar-refractivity contribution in [2.24, 2.45) is 0 Å². The molecule has 1 atom stereocenters. The van der Waals surface area contributed by atoms with Gasteiger partial charge < -0.3 is 5.32 Å². The highest BCUT2D eigenvalue weighted by Gasteiger charge is 2.29. The van der Waals surface area contributed by atoms with Crippen LogP contribution < -0.4 is 10.6 Å². The van der Waals surface area contributed by atoms with E-state index in [-0.39, 0.29) is 5.91 Å². The summed E-state index contributed by atoms with van der Waals surface area (Å²) in [4.78, 5) is 23.0. The molecule has 1 aromatic heterocycles. The maximum Gasteiger partial charge on any atom is 0.322 e. The average Bonchev–Trinajstić information content (AvgIpc) is 2.63. The second kappa shape index (κ2) is 3.18. The van der Waals surface area contributed by atoms with E-state index in [1.807, 2.05) is 17.5 Å². The summed E-state index contributed by atoms with van der Waals surface area (Å²) in [6.45, 7) is 0. The normalized spacial score (nSPS) is 21.4. The highest BCUT2D eigenvalue weighted by molar-refractivity contribution is 7.09. The third-order valence-electron chi connectivity index (χ3n) is 1.84. The molecule has 1 aromatic rings. The average molecular weight is 196 g/mol. The van der Waals surface area contributed by atoms with Crippen molar-refractivity contribution < 1.29 is 9.59 Å². The van der Waals surface area contributed by atoms with E-state index in [1.54, 1.807) is 11.3 Å². The van der Waals surface area contributed by atoms with Gasteiger partial charge in [-0.2, -0.15) is 0 Å². The first-order chi connectivity index (χ1) is 6.25. The molecule has 2 heterocycles. The van der Waals surface area contributed by atoms with E-state index < -0.39 is 12.1 Å². The summed E-state index contributed by atoms with van der Waals surface area (Å²) in [5.41, 5.74) is 0. The zero-order chi connectivity index (χ0) is 9.26. The Bertz CT molecular complexity index is 334. The van der Waals surface area contributed by atoms with Gasteiger partial charge >= 0.3 is 6.03 Å². The summed E-state index contributed by atoms with van der Waals surface area (Å²) in [5, 5.41) is 6.69. The Morgan fingerprint density at radius 1 is 1.46 bits per heavy atom. The van der Waals surface area contributed by atoms with Crippen molar-refractivity contribution in [1.82, 2.24) is 10.6 Å². The second-order valence-electron chi connectivity index (χ2n) is 2.80. The number of carbonyl (C=O) groups is 2. The van der Waals surface area contributed by atoms with Gasteiger partial charge in [0, 0.05) is 11.3 Å². The van der Waals surface area contributed by atoms with Crippen molar-refractivity contribution >= 4 is 23.3 Å². The third kappa shape index (κ3) is 1.70.